The van der Waals surface area contributed by atoms with Crippen molar-refractivity contribution in [2.24, 2.45) is 0 Å². The molecular formula is C20H31FN4. The highest BCUT2D eigenvalue weighted by Gasteiger charge is 2.27. The molecule has 3 heterocycles. The van der Waals surface area contributed by atoms with Crippen molar-refractivity contribution in [1.29, 1.82) is 0 Å². The summed E-state index contributed by atoms with van der Waals surface area (Å²) in [6, 6.07) is 6.94. The minimum atomic E-state index is -0.256. The smallest absolute Gasteiger partial charge is 0.135 e. The van der Waals surface area contributed by atoms with Gasteiger partial charge in [0.2, 0.25) is 0 Å². The quantitative estimate of drug-likeness (QED) is 0.829. The van der Waals surface area contributed by atoms with Crippen LogP contribution in [0.25, 0.3) is 5.82 Å². The Balaban J connectivity index is 1.97. The molecule has 0 unspecified atom stereocenters. The second kappa shape index (κ2) is 6.94. The Kier molecular flexibility index (Phi) is 5.05. The number of halogens is 1. The van der Waals surface area contributed by atoms with Crippen molar-refractivity contribution in [3.8, 4) is 5.82 Å². The molecule has 25 heavy (non-hydrogen) atoms. The zero-order valence-electron chi connectivity index (χ0n) is 16.2. The van der Waals surface area contributed by atoms with Crippen LogP contribution in [0, 0.1) is 13.8 Å². The molecule has 138 valence electrons. The Bertz CT molecular complexity index is 695. The standard InChI is InChI=1S/C20H31FN4/c1-15-6-7-16(2)24(15)19-14-18(20(3,4)5)22-25(19)17-8-11-23(12-9-17)13-10-21/h6-7,14,17H,8-13H2,1-5H3. The lowest BCUT2D eigenvalue weighted by molar-refractivity contribution is 0.168. The van der Waals surface area contributed by atoms with Crippen molar-refractivity contribution in [1.82, 2.24) is 19.2 Å². The summed E-state index contributed by atoms with van der Waals surface area (Å²) in [7, 11) is 0. The van der Waals surface area contributed by atoms with E-state index in [0.29, 0.717) is 12.6 Å². The molecule has 0 aliphatic carbocycles. The maximum atomic E-state index is 12.6. The van der Waals surface area contributed by atoms with Crippen LogP contribution in [-0.4, -0.2) is 45.6 Å². The van der Waals surface area contributed by atoms with E-state index in [-0.39, 0.29) is 12.1 Å². The molecule has 0 N–H and O–H groups in total. The predicted octanol–water partition coefficient (Wildman–Crippen LogP) is 4.19. The maximum Gasteiger partial charge on any atom is 0.135 e. The van der Waals surface area contributed by atoms with Gasteiger partial charge in [-0.15, -0.1) is 0 Å². The fraction of sp³-hybridized carbons (Fsp3) is 0.650. The Hall–Kier alpha value is -1.62. The molecule has 4 nitrogen and oxygen atoms in total. The SMILES string of the molecule is Cc1ccc(C)n1-c1cc(C(C)(C)C)nn1C1CCN(CCF)CC1. The molecule has 3 rings (SSSR count). The maximum absolute atomic E-state index is 12.6. The summed E-state index contributed by atoms with van der Waals surface area (Å²) in [6.07, 6.45) is 2.05. The molecule has 0 amide bonds. The van der Waals surface area contributed by atoms with Gasteiger partial charge in [0, 0.05) is 42.5 Å². The molecule has 2 aromatic heterocycles. The first-order chi connectivity index (χ1) is 11.8. The van der Waals surface area contributed by atoms with Gasteiger partial charge in [-0.25, -0.2) is 9.07 Å². The van der Waals surface area contributed by atoms with Crippen molar-refractivity contribution < 1.29 is 4.39 Å². The largest absolute Gasteiger partial charge is 0.303 e. The molecule has 1 saturated heterocycles. The van der Waals surface area contributed by atoms with E-state index in [4.69, 9.17) is 5.10 Å². The number of likely N-dealkylation sites (tertiary alicyclic amines) is 1. The van der Waals surface area contributed by atoms with Gasteiger partial charge in [-0.3, -0.25) is 0 Å². The van der Waals surface area contributed by atoms with Gasteiger partial charge in [0.15, 0.2) is 0 Å². The highest BCUT2D eigenvalue weighted by atomic mass is 19.1. The van der Waals surface area contributed by atoms with Crippen LogP contribution >= 0.6 is 0 Å². The first-order valence-electron chi connectivity index (χ1n) is 9.35. The molecular weight excluding hydrogens is 315 g/mol. The third kappa shape index (κ3) is 3.66. The monoisotopic (exact) mass is 346 g/mol. The van der Waals surface area contributed by atoms with E-state index in [1.165, 1.54) is 11.4 Å². The molecule has 0 saturated carbocycles. The van der Waals surface area contributed by atoms with Crippen molar-refractivity contribution >= 4 is 0 Å². The van der Waals surface area contributed by atoms with Gasteiger partial charge in [0.1, 0.15) is 12.5 Å². The van der Waals surface area contributed by atoms with Crippen LogP contribution in [-0.2, 0) is 5.41 Å². The van der Waals surface area contributed by atoms with Crippen LogP contribution in [0.5, 0.6) is 0 Å². The van der Waals surface area contributed by atoms with Crippen molar-refractivity contribution in [2.75, 3.05) is 26.3 Å². The summed E-state index contributed by atoms with van der Waals surface area (Å²) >= 11 is 0. The summed E-state index contributed by atoms with van der Waals surface area (Å²) in [5.41, 5.74) is 3.60. The van der Waals surface area contributed by atoms with Crippen LogP contribution in [0.4, 0.5) is 4.39 Å². The van der Waals surface area contributed by atoms with Crippen LogP contribution < -0.4 is 0 Å². The van der Waals surface area contributed by atoms with E-state index >= 15 is 0 Å². The fourth-order valence-electron chi connectivity index (χ4n) is 3.72. The third-order valence-electron chi connectivity index (χ3n) is 5.29. The first kappa shape index (κ1) is 18.2. The van der Waals surface area contributed by atoms with Crippen LogP contribution in [0.15, 0.2) is 18.2 Å². The average Bonchev–Trinajstić information content (AvgIpc) is 3.12. The molecule has 2 aromatic rings. The normalized spacial score (nSPS) is 17.4. The highest BCUT2D eigenvalue weighted by molar-refractivity contribution is 5.36. The zero-order valence-corrected chi connectivity index (χ0v) is 16.2. The lowest BCUT2D eigenvalue weighted by atomic mass is 9.92. The lowest BCUT2D eigenvalue weighted by Crippen LogP contribution is -2.36. The number of hydrogen-bond acceptors (Lipinski definition) is 2. The van der Waals surface area contributed by atoms with E-state index in [2.05, 4.69) is 67.0 Å². The fourth-order valence-corrected chi connectivity index (χ4v) is 3.72. The molecule has 0 spiro atoms. The number of hydrogen-bond donors (Lipinski definition) is 0. The number of aryl methyl sites for hydroxylation is 2. The Morgan fingerprint density at radius 1 is 1.12 bits per heavy atom. The molecule has 0 aromatic carbocycles. The topological polar surface area (TPSA) is 26.0 Å². The lowest BCUT2D eigenvalue weighted by Gasteiger charge is -2.32. The van der Waals surface area contributed by atoms with E-state index in [9.17, 15) is 4.39 Å². The van der Waals surface area contributed by atoms with Crippen LogP contribution in [0.2, 0.25) is 0 Å². The Morgan fingerprint density at radius 2 is 1.72 bits per heavy atom. The first-order valence-corrected chi connectivity index (χ1v) is 9.35. The van der Waals surface area contributed by atoms with Crippen molar-refractivity contribution in [3.63, 3.8) is 0 Å². The Morgan fingerprint density at radius 3 is 2.24 bits per heavy atom. The van der Waals surface area contributed by atoms with Gasteiger partial charge in [-0.1, -0.05) is 20.8 Å². The highest BCUT2D eigenvalue weighted by Crippen LogP contribution is 2.31. The van der Waals surface area contributed by atoms with Gasteiger partial charge >= 0.3 is 0 Å². The number of aromatic nitrogens is 3. The van der Waals surface area contributed by atoms with Crippen LogP contribution in [0.1, 0.15) is 56.7 Å². The number of alkyl halides is 1. The summed E-state index contributed by atoms with van der Waals surface area (Å²) in [5.74, 6) is 1.16. The number of piperidine rings is 1. The van der Waals surface area contributed by atoms with Crippen LogP contribution in [0.3, 0.4) is 0 Å². The summed E-state index contributed by atoms with van der Waals surface area (Å²) < 4.78 is 17.1. The molecule has 5 heteroatoms. The van der Waals surface area contributed by atoms with Gasteiger partial charge in [0.05, 0.1) is 11.7 Å². The van der Waals surface area contributed by atoms with Gasteiger partial charge in [0.25, 0.3) is 0 Å². The van der Waals surface area contributed by atoms with Crippen molar-refractivity contribution in [2.45, 2.75) is 58.9 Å². The Labute approximate surface area is 150 Å². The zero-order chi connectivity index (χ0) is 18.2. The summed E-state index contributed by atoms with van der Waals surface area (Å²) in [4.78, 5) is 2.22. The van der Waals surface area contributed by atoms with Gasteiger partial charge in [-0.2, -0.15) is 5.10 Å². The van der Waals surface area contributed by atoms with E-state index < -0.39 is 0 Å². The minimum Gasteiger partial charge on any atom is -0.303 e. The summed E-state index contributed by atoms with van der Waals surface area (Å²) in [5, 5.41) is 5.02. The third-order valence-corrected chi connectivity index (χ3v) is 5.29. The molecule has 1 fully saturated rings. The molecule has 1 aliphatic heterocycles. The summed E-state index contributed by atoms with van der Waals surface area (Å²) in [6.45, 7) is 13.1. The van der Waals surface area contributed by atoms with E-state index in [0.717, 1.165) is 37.4 Å². The molecule has 1 aliphatic rings. The molecule has 0 atom stereocenters. The number of nitrogens with zero attached hydrogens (tertiary/aromatic N) is 4. The van der Waals surface area contributed by atoms with Gasteiger partial charge in [-0.05, 0) is 38.8 Å². The second-order valence-electron chi connectivity index (χ2n) is 8.30. The second-order valence-corrected chi connectivity index (χ2v) is 8.30. The molecule has 0 bridgehead atoms. The van der Waals surface area contributed by atoms with E-state index in [1.807, 2.05) is 0 Å². The minimum absolute atomic E-state index is 0.0177. The van der Waals surface area contributed by atoms with Gasteiger partial charge < -0.3 is 9.47 Å². The average molecular weight is 346 g/mol. The number of rotatable bonds is 4. The predicted molar refractivity (Wildman–Crippen MR) is 100 cm³/mol. The van der Waals surface area contributed by atoms with Crippen molar-refractivity contribution in [3.05, 3.63) is 35.3 Å². The molecule has 0 radical (unpaired) electrons. The van der Waals surface area contributed by atoms with E-state index in [1.54, 1.807) is 0 Å².